The van der Waals surface area contributed by atoms with Crippen LogP contribution in [-0.4, -0.2) is 13.2 Å². The van der Waals surface area contributed by atoms with Crippen molar-refractivity contribution < 1.29 is 13.6 Å². The van der Waals surface area contributed by atoms with Crippen molar-refractivity contribution in [2.75, 3.05) is 13.2 Å². The van der Waals surface area contributed by atoms with Crippen LogP contribution in [0, 0.1) is 0 Å². The van der Waals surface area contributed by atoms with Crippen molar-refractivity contribution in [2.24, 2.45) is 0 Å². The Morgan fingerprint density at radius 1 is 0.724 bits per heavy atom. The Hall–Kier alpha value is -1.97. The van der Waals surface area contributed by atoms with Crippen LogP contribution < -0.4 is 5.30 Å². The predicted octanol–water partition coefficient (Wildman–Crippen LogP) is 7.18. The summed E-state index contributed by atoms with van der Waals surface area (Å²) < 4.78 is 24.7. The van der Waals surface area contributed by atoms with Crippen molar-refractivity contribution in [3.8, 4) is 11.1 Å². The van der Waals surface area contributed by atoms with E-state index in [1.165, 1.54) is 11.1 Å². The highest BCUT2D eigenvalue weighted by Crippen LogP contribution is 2.46. The second kappa shape index (κ2) is 10.2. The molecule has 0 unspecified atom stereocenters. The zero-order valence-electron chi connectivity index (χ0n) is 16.5. The van der Waals surface area contributed by atoms with Crippen molar-refractivity contribution in [1.29, 1.82) is 0 Å². The second-order valence-electron chi connectivity index (χ2n) is 6.39. The monoisotopic (exact) mass is 470 g/mol. The van der Waals surface area contributed by atoms with E-state index < -0.39 is 7.60 Å². The third kappa shape index (κ3) is 5.77. The second-order valence-corrected chi connectivity index (χ2v) is 9.33. The van der Waals surface area contributed by atoms with Crippen molar-refractivity contribution in [2.45, 2.75) is 13.8 Å². The molecule has 0 N–H and O–H groups in total. The fraction of sp³-hybridized carbons (Fsp3) is 0.167. The van der Waals surface area contributed by atoms with Gasteiger partial charge in [-0.1, -0.05) is 76.6 Å². The minimum absolute atomic E-state index is 0.342. The Labute approximate surface area is 181 Å². The molecule has 0 bridgehead atoms. The van der Waals surface area contributed by atoms with Gasteiger partial charge in [0.2, 0.25) is 0 Å². The number of hydrogen-bond acceptors (Lipinski definition) is 3. The van der Waals surface area contributed by atoms with Crippen LogP contribution in [0.25, 0.3) is 23.3 Å². The molecule has 0 aliphatic carbocycles. The van der Waals surface area contributed by atoms with Gasteiger partial charge in [0, 0.05) is 4.47 Å². The zero-order chi connectivity index (χ0) is 20.7. The van der Waals surface area contributed by atoms with Crippen LogP contribution in [0.1, 0.15) is 25.0 Å². The van der Waals surface area contributed by atoms with Gasteiger partial charge in [-0.15, -0.1) is 0 Å². The Bertz CT molecular complexity index is 984. The first-order valence-electron chi connectivity index (χ1n) is 9.58. The van der Waals surface area contributed by atoms with E-state index >= 15 is 0 Å². The van der Waals surface area contributed by atoms with E-state index in [-0.39, 0.29) is 0 Å². The van der Waals surface area contributed by atoms with E-state index in [1.807, 2.05) is 56.3 Å². The van der Waals surface area contributed by atoms with Gasteiger partial charge in [-0.3, -0.25) is 4.57 Å². The predicted molar refractivity (Wildman–Crippen MR) is 125 cm³/mol. The molecular weight excluding hydrogens is 447 g/mol. The third-order valence-electron chi connectivity index (χ3n) is 4.36. The van der Waals surface area contributed by atoms with E-state index in [4.69, 9.17) is 9.05 Å². The summed E-state index contributed by atoms with van der Waals surface area (Å²) in [6, 6.07) is 24.2. The maximum Gasteiger partial charge on any atom is 0.361 e. The molecule has 3 rings (SSSR count). The summed E-state index contributed by atoms with van der Waals surface area (Å²) in [6.07, 6.45) is 4.09. The molecule has 3 aromatic rings. The van der Waals surface area contributed by atoms with Gasteiger partial charge in [0.05, 0.1) is 18.5 Å². The SMILES string of the molecule is CCOP(=O)(OCC)c1ccc(/C=C/c2ccc(-c3ccc(Br)cc3)cc2)cc1. The maximum atomic E-state index is 12.8. The first-order valence-corrected chi connectivity index (χ1v) is 11.9. The van der Waals surface area contributed by atoms with Crippen molar-refractivity contribution >= 4 is 41.0 Å². The molecule has 0 amide bonds. The van der Waals surface area contributed by atoms with Crippen LogP contribution >= 0.6 is 23.5 Å². The minimum Gasteiger partial charge on any atom is -0.305 e. The average molecular weight is 471 g/mol. The fourth-order valence-electron chi connectivity index (χ4n) is 2.92. The first kappa shape index (κ1) is 21.7. The molecular formula is C24H24BrO3P. The highest BCUT2D eigenvalue weighted by atomic mass is 79.9. The maximum absolute atomic E-state index is 12.8. The summed E-state index contributed by atoms with van der Waals surface area (Å²) in [5.74, 6) is 0. The lowest BCUT2D eigenvalue weighted by Crippen LogP contribution is -2.10. The lowest BCUT2D eigenvalue weighted by Gasteiger charge is -2.17. The summed E-state index contributed by atoms with van der Waals surface area (Å²) >= 11 is 3.46. The van der Waals surface area contributed by atoms with Crippen molar-refractivity contribution in [1.82, 2.24) is 0 Å². The molecule has 0 heterocycles. The molecule has 0 saturated carbocycles. The number of hydrogen-bond donors (Lipinski definition) is 0. The Morgan fingerprint density at radius 3 is 1.59 bits per heavy atom. The smallest absolute Gasteiger partial charge is 0.305 e. The van der Waals surface area contributed by atoms with Crippen LogP contribution in [0.5, 0.6) is 0 Å². The molecule has 3 nitrogen and oxygen atoms in total. The molecule has 0 radical (unpaired) electrons. The van der Waals surface area contributed by atoms with Crippen LogP contribution in [-0.2, 0) is 13.6 Å². The van der Waals surface area contributed by atoms with E-state index in [9.17, 15) is 4.57 Å². The Balaban J connectivity index is 1.71. The van der Waals surface area contributed by atoms with Crippen LogP contribution in [0.2, 0.25) is 0 Å². The fourth-order valence-corrected chi connectivity index (χ4v) is 4.75. The standard InChI is InChI=1S/C24H24BrO3P/c1-3-27-29(26,28-4-2)24-17-9-20(10-18-24)6-5-19-7-11-21(12-8-19)22-13-15-23(25)16-14-22/h5-18H,3-4H2,1-2H3/b6-5+. The summed E-state index contributed by atoms with van der Waals surface area (Å²) in [5, 5.41) is 0.581. The number of rotatable bonds is 8. The molecule has 0 atom stereocenters. The molecule has 5 heteroatoms. The topological polar surface area (TPSA) is 35.5 Å². The molecule has 0 aliphatic heterocycles. The molecule has 0 spiro atoms. The van der Waals surface area contributed by atoms with Gasteiger partial charge in [0.25, 0.3) is 0 Å². The van der Waals surface area contributed by atoms with Crippen molar-refractivity contribution in [3.63, 3.8) is 0 Å². The van der Waals surface area contributed by atoms with Gasteiger partial charge in [-0.2, -0.15) is 0 Å². The molecule has 0 fully saturated rings. The Kier molecular flexibility index (Phi) is 7.63. The number of halogens is 1. The Morgan fingerprint density at radius 2 is 1.14 bits per heavy atom. The van der Waals surface area contributed by atoms with Crippen LogP contribution in [0.4, 0.5) is 0 Å². The van der Waals surface area contributed by atoms with Crippen molar-refractivity contribution in [3.05, 3.63) is 88.4 Å². The quantitative estimate of drug-likeness (QED) is 0.258. The normalized spacial score (nSPS) is 11.8. The molecule has 150 valence electrons. The minimum atomic E-state index is -3.23. The van der Waals surface area contributed by atoms with Gasteiger partial charge >= 0.3 is 7.60 Å². The molecule has 0 aromatic heterocycles. The summed E-state index contributed by atoms with van der Waals surface area (Å²) in [4.78, 5) is 0. The molecule has 3 aromatic carbocycles. The number of benzene rings is 3. The van der Waals surface area contributed by atoms with Gasteiger partial charge in [-0.25, -0.2) is 0 Å². The highest BCUT2D eigenvalue weighted by Gasteiger charge is 2.26. The van der Waals surface area contributed by atoms with Gasteiger partial charge < -0.3 is 9.05 Å². The molecule has 0 saturated heterocycles. The third-order valence-corrected chi connectivity index (χ3v) is 7.02. The van der Waals surface area contributed by atoms with Gasteiger partial charge in [0.15, 0.2) is 0 Å². The summed E-state index contributed by atoms with van der Waals surface area (Å²) in [5.41, 5.74) is 4.50. The van der Waals surface area contributed by atoms with Gasteiger partial charge in [0.1, 0.15) is 0 Å². The highest BCUT2D eigenvalue weighted by molar-refractivity contribution is 9.10. The van der Waals surface area contributed by atoms with E-state index in [2.05, 4.69) is 58.4 Å². The zero-order valence-corrected chi connectivity index (χ0v) is 19.0. The van der Waals surface area contributed by atoms with E-state index in [0.717, 1.165) is 15.6 Å². The van der Waals surface area contributed by atoms with Gasteiger partial charge in [-0.05, 0) is 60.4 Å². The summed E-state index contributed by atoms with van der Waals surface area (Å²) in [6.45, 7) is 4.31. The lowest BCUT2D eigenvalue weighted by atomic mass is 10.0. The average Bonchev–Trinajstić information content (AvgIpc) is 2.74. The lowest BCUT2D eigenvalue weighted by molar-refractivity contribution is 0.230. The first-order chi connectivity index (χ1) is 14.0. The molecule has 29 heavy (non-hydrogen) atoms. The van der Waals surface area contributed by atoms with E-state index in [1.54, 1.807) is 0 Å². The van der Waals surface area contributed by atoms with Crippen LogP contribution in [0.3, 0.4) is 0 Å². The molecule has 0 aliphatic rings. The van der Waals surface area contributed by atoms with E-state index in [0.29, 0.717) is 18.5 Å². The summed E-state index contributed by atoms with van der Waals surface area (Å²) in [7, 11) is -3.23. The largest absolute Gasteiger partial charge is 0.361 e. The van der Waals surface area contributed by atoms with Crippen LogP contribution in [0.15, 0.2) is 77.3 Å².